The van der Waals surface area contributed by atoms with Gasteiger partial charge in [0.25, 0.3) is 0 Å². The molecule has 0 aliphatic rings. The van der Waals surface area contributed by atoms with E-state index in [2.05, 4.69) is 47.8 Å². The van der Waals surface area contributed by atoms with Gasteiger partial charge < -0.3 is 5.11 Å². The van der Waals surface area contributed by atoms with Gasteiger partial charge in [0.15, 0.2) is 0 Å². The maximum absolute atomic E-state index is 11.0. The van der Waals surface area contributed by atoms with E-state index in [1.165, 1.54) is 0 Å². The zero-order valence-electron chi connectivity index (χ0n) is 5.00. The Hall–Kier alpha value is 0.979. The number of hydrogen-bond donors (Lipinski definition) is 0. The fourth-order valence-corrected chi connectivity index (χ4v) is 2.79. The van der Waals surface area contributed by atoms with Crippen molar-refractivity contribution in [1.82, 2.24) is 0 Å². The summed E-state index contributed by atoms with van der Waals surface area (Å²) in [7, 11) is 0. The molecule has 0 atom stereocenters. The second kappa shape index (κ2) is 4.87. The third-order valence-electron chi connectivity index (χ3n) is 0.963. The first-order chi connectivity index (χ1) is 4.61. The Morgan fingerprint density at radius 1 is 1.00 bits per heavy atom. The Labute approximate surface area is 100 Å². The summed E-state index contributed by atoms with van der Waals surface area (Å²) >= 11 is 9.50. The minimum atomic E-state index is -0.0248. The zero-order chi connectivity index (χ0) is 7.72. The average molecular weight is 393 g/mol. The van der Waals surface area contributed by atoms with Gasteiger partial charge in [0.2, 0.25) is 0 Å². The summed E-state index contributed by atoms with van der Waals surface area (Å²) in [6.45, 7) is 0. The maximum Gasteiger partial charge on any atom is 1.00 e. The topological polar surface area (TPSA) is 23.1 Å². The van der Waals surface area contributed by atoms with Crippen LogP contribution in [0.25, 0.3) is 0 Å². The maximum atomic E-state index is 11.0. The quantitative estimate of drug-likeness (QED) is 0.622. The summed E-state index contributed by atoms with van der Waals surface area (Å²) in [6.07, 6.45) is 0. The summed E-state index contributed by atoms with van der Waals surface area (Å²) in [6, 6.07) is 3.43. The number of benzene rings is 1. The molecule has 64 valence electrons. The average Bonchev–Trinajstić information content (AvgIpc) is 1.82. The van der Waals surface area contributed by atoms with E-state index >= 15 is 0 Å². The van der Waals surface area contributed by atoms with E-state index in [9.17, 15) is 5.11 Å². The fraction of sp³-hybridized carbons (Fsp3) is 0. The summed E-state index contributed by atoms with van der Waals surface area (Å²) in [5.74, 6) is -0.0248. The van der Waals surface area contributed by atoms with Crippen LogP contribution in [0.1, 0.15) is 0 Å². The second-order valence-corrected chi connectivity index (χ2v) is 4.32. The molecule has 0 amide bonds. The molecule has 0 saturated heterocycles. The van der Waals surface area contributed by atoms with E-state index in [-0.39, 0.29) is 22.8 Å². The molecule has 0 radical (unpaired) electrons. The molecule has 11 heavy (non-hydrogen) atoms. The van der Waals surface area contributed by atoms with Crippen molar-refractivity contribution >= 4 is 47.8 Å². The predicted molar refractivity (Wildman–Crippen MR) is 49.0 cm³/mol. The van der Waals surface area contributed by atoms with Crippen molar-refractivity contribution in [3.8, 4) is 5.75 Å². The van der Waals surface area contributed by atoms with Gasteiger partial charge in [-0.05, 0) is 12.1 Å². The second-order valence-electron chi connectivity index (χ2n) is 1.70. The van der Waals surface area contributed by atoms with Gasteiger partial charge in [-0.3, -0.25) is 0 Å². The molecule has 0 spiro atoms. The molecule has 0 bridgehead atoms. The Morgan fingerprint density at radius 2 is 1.36 bits per heavy atom. The van der Waals surface area contributed by atoms with Gasteiger partial charge in [-0.15, -0.1) is 0 Å². The van der Waals surface area contributed by atoms with Gasteiger partial charge in [-0.25, -0.2) is 0 Å². The first-order valence-electron chi connectivity index (χ1n) is 2.43. The Morgan fingerprint density at radius 3 is 1.73 bits per heavy atom. The van der Waals surface area contributed by atoms with Crippen LogP contribution in [0, 0.1) is 0 Å². The van der Waals surface area contributed by atoms with Crippen LogP contribution in [0.4, 0.5) is 0 Å². The Kier molecular flexibility index (Phi) is 5.31. The molecule has 0 heterocycles. The van der Waals surface area contributed by atoms with Crippen molar-refractivity contribution in [3.05, 3.63) is 25.6 Å². The summed E-state index contributed by atoms with van der Waals surface area (Å²) in [5, 5.41) is 11.0. The molecule has 0 aliphatic carbocycles. The first kappa shape index (κ1) is 12.0. The number of rotatable bonds is 0. The van der Waals surface area contributed by atoms with Crippen molar-refractivity contribution < 1.29 is 22.2 Å². The van der Waals surface area contributed by atoms with Crippen LogP contribution in [-0.2, 0) is 17.1 Å². The number of hydrogen-bond acceptors (Lipinski definition) is 1. The minimum absolute atomic E-state index is 0. The van der Waals surface area contributed by atoms with Crippen molar-refractivity contribution in [2.24, 2.45) is 0 Å². The number of halogens is 3. The monoisotopic (exact) mass is 390 g/mol. The molecular formula is C6H2Br3CuO. The summed E-state index contributed by atoms with van der Waals surface area (Å²) in [5.41, 5.74) is 0. The van der Waals surface area contributed by atoms with Crippen LogP contribution in [0.3, 0.4) is 0 Å². The van der Waals surface area contributed by atoms with E-state index in [4.69, 9.17) is 0 Å². The molecule has 0 fully saturated rings. The Bertz CT molecular complexity index is 241. The van der Waals surface area contributed by atoms with Crippen LogP contribution in [0.5, 0.6) is 5.75 Å². The minimum Gasteiger partial charge on any atom is -0.871 e. The van der Waals surface area contributed by atoms with Crippen molar-refractivity contribution in [3.63, 3.8) is 0 Å². The zero-order valence-corrected chi connectivity index (χ0v) is 10.7. The van der Waals surface area contributed by atoms with Gasteiger partial charge in [0, 0.05) is 13.4 Å². The SMILES string of the molecule is [Cu+].[O-]c1c(Br)cc(Br)cc1Br. The van der Waals surface area contributed by atoms with E-state index in [0.29, 0.717) is 8.95 Å². The predicted octanol–water partition coefficient (Wildman–Crippen LogP) is 3.05. The molecular weight excluding hydrogens is 391 g/mol. The van der Waals surface area contributed by atoms with Gasteiger partial charge in [-0.1, -0.05) is 53.5 Å². The van der Waals surface area contributed by atoms with Crippen LogP contribution >= 0.6 is 47.8 Å². The van der Waals surface area contributed by atoms with E-state index < -0.39 is 0 Å². The fourth-order valence-electron chi connectivity index (χ4n) is 0.529. The largest absolute Gasteiger partial charge is 1.00 e. The molecule has 5 heteroatoms. The van der Waals surface area contributed by atoms with Crippen molar-refractivity contribution in [2.75, 3.05) is 0 Å². The van der Waals surface area contributed by atoms with Crippen LogP contribution in [-0.4, -0.2) is 0 Å². The third-order valence-corrected chi connectivity index (χ3v) is 2.60. The summed E-state index contributed by atoms with van der Waals surface area (Å²) in [4.78, 5) is 0. The van der Waals surface area contributed by atoms with Crippen molar-refractivity contribution in [1.29, 1.82) is 0 Å². The molecule has 0 unspecified atom stereocenters. The van der Waals surface area contributed by atoms with Gasteiger partial charge in [0.05, 0.1) is 0 Å². The molecule has 0 aromatic heterocycles. The molecule has 1 rings (SSSR count). The molecule has 0 saturated carbocycles. The first-order valence-corrected chi connectivity index (χ1v) is 4.80. The standard InChI is InChI=1S/C6H3Br3O.Cu/c7-3-1-4(8)6(10)5(9)2-3;/h1-2,10H;/q;+1/p-1. The normalized spacial score (nSPS) is 9.00. The van der Waals surface area contributed by atoms with Crippen molar-refractivity contribution in [2.45, 2.75) is 0 Å². The molecule has 1 aromatic carbocycles. The van der Waals surface area contributed by atoms with Crippen LogP contribution in [0.15, 0.2) is 25.6 Å². The van der Waals surface area contributed by atoms with Crippen LogP contribution in [0.2, 0.25) is 0 Å². The van der Waals surface area contributed by atoms with Gasteiger partial charge in [0.1, 0.15) is 0 Å². The van der Waals surface area contributed by atoms with Gasteiger partial charge >= 0.3 is 17.1 Å². The summed E-state index contributed by atoms with van der Waals surface area (Å²) < 4.78 is 2.01. The molecule has 0 aliphatic heterocycles. The molecule has 0 N–H and O–H groups in total. The van der Waals surface area contributed by atoms with Gasteiger partial charge in [-0.2, -0.15) is 0 Å². The van der Waals surface area contributed by atoms with Crippen LogP contribution < -0.4 is 5.11 Å². The molecule has 1 nitrogen and oxygen atoms in total. The Balaban J connectivity index is 0.000001000. The van der Waals surface area contributed by atoms with E-state index in [1.807, 2.05) is 0 Å². The smallest absolute Gasteiger partial charge is 0.871 e. The molecule has 1 aromatic rings. The van der Waals surface area contributed by atoms with E-state index in [1.54, 1.807) is 12.1 Å². The third kappa shape index (κ3) is 3.07. The van der Waals surface area contributed by atoms with E-state index in [0.717, 1.165) is 4.47 Å².